The van der Waals surface area contributed by atoms with Gasteiger partial charge in [-0.3, -0.25) is 4.55 Å². The molecule has 0 amide bonds. The molecule has 0 spiro atoms. The summed E-state index contributed by atoms with van der Waals surface area (Å²) in [6.45, 7) is 12.3. The number of nitrogens with two attached hydrogens (primary N) is 1. The first-order chi connectivity index (χ1) is 12.9. The fourth-order valence-corrected chi connectivity index (χ4v) is 3.15. The summed E-state index contributed by atoms with van der Waals surface area (Å²) in [5.41, 5.74) is 5.31. The van der Waals surface area contributed by atoms with Crippen molar-refractivity contribution in [3.8, 4) is 0 Å². The van der Waals surface area contributed by atoms with Crippen molar-refractivity contribution in [2.75, 3.05) is 91.3 Å². The Morgan fingerprint density at radius 1 is 0.778 bits per heavy atom. The van der Waals surface area contributed by atoms with Crippen molar-refractivity contribution in [2.24, 2.45) is 5.73 Å². The molecule has 0 unspecified atom stereocenters. The highest BCUT2D eigenvalue weighted by Crippen LogP contribution is 2.08. The summed E-state index contributed by atoms with van der Waals surface area (Å²) in [6.07, 6.45) is 0.445. The van der Waals surface area contributed by atoms with Crippen LogP contribution in [0.15, 0.2) is 0 Å². The first kappa shape index (κ1) is 26.7. The molecule has 0 aromatic rings. The second-order valence-corrected chi connectivity index (χ2v) is 7.87. The molecular weight excluding hydrogens is 376 g/mol. The Bertz CT molecular complexity index is 431. The smallest absolute Gasteiger partial charge is 0.265 e. The predicted octanol–water partition coefficient (Wildman–Crippen LogP) is 0.146. The third-order valence-corrected chi connectivity index (χ3v) is 5.27. The minimum Gasteiger partial charge on any atom is -0.378 e. The normalized spacial score (nSPS) is 12.6. The van der Waals surface area contributed by atoms with Crippen LogP contribution in [0.4, 0.5) is 0 Å². The zero-order chi connectivity index (χ0) is 20.4. The minimum atomic E-state index is -3.89. The molecule has 0 heterocycles. The molecule has 0 fully saturated rings. The summed E-state index contributed by atoms with van der Waals surface area (Å²) < 4.78 is 53.0. The van der Waals surface area contributed by atoms with E-state index in [-0.39, 0.29) is 5.75 Å². The van der Waals surface area contributed by atoms with Crippen molar-refractivity contribution in [3.05, 3.63) is 0 Å². The SMILES string of the molecule is CC[N+](CC)(CCCS(=O)(=O)O)CCOCCOCCOCCOCCN. The number of quaternary nitrogens is 1. The Labute approximate surface area is 164 Å². The van der Waals surface area contributed by atoms with Crippen LogP contribution in [0, 0.1) is 0 Å². The van der Waals surface area contributed by atoms with Gasteiger partial charge in [0.05, 0.1) is 78.2 Å². The topological polar surface area (TPSA) is 117 Å². The Balaban J connectivity index is 3.66. The second kappa shape index (κ2) is 16.6. The third kappa shape index (κ3) is 16.3. The van der Waals surface area contributed by atoms with Crippen LogP contribution >= 0.6 is 0 Å². The highest BCUT2D eigenvalue weighted by Gasteiger charge is 2.23. The fourth-order valence-electron chi connectivity index (χ4n) is 2.65. The van der Waals surface area contributed by atoms with Gasteiger partial charge in [-0.1, -0.05) is 0 Å². The van der Waals surface area contributed by atoms with Gasteiger partial charge in [0, 0.05) is 13.0 Å². The van der Waals surface area contributed by atoms with Gasteiger partial charge in [0.25, 0.3) is 10.1 Å². The van der Waals surface area contributed by atoms with Gasteiger partial charge in [0.2, 0.25) is 0 Å². The van der Waals surface area contributed by atoms with Gasteiger partial charge in [-0.25, -0.2) is 0 Å². The zero-order valence-corrected chi connectivity index (χ0v) is 17.8. The Kier molecular flexibility index (Phi) is 16.4. The van der Waals surface area contributed by atoms with Gasteiger partial charge < -0.3 is 29.2 Å². The molecule has 27 heavy (non-hydrogen) atoms. The summed E-state index contributed by atoms with van der Waals surface area (Å²) in [4.78, 5) is 0. The van der Waals surface area contributed by atoms with Gasteiger partial charge >= 0.3 is 0 Å². The molecule has 0 atom stereocenters. The number of likely N-dealkylation sites (N-methyl/N-ethyl adjacent to an activating group) is 1. The number of hydrogen-bond acceptors (Lipinski definition) is 7. The van der Waals surface area contributed by atoms with Gasteiger partial charge in [0.1, 0.15) is 6.54 Å². The lowest BCUT2D eigenvalue weighted by molar-refractivity contribution is -0.925. The van der Waals surface area contributed by atoms with E-state index in [1.807, 2.05) is 0 Å². The maximum Gasteiger partial charge on any atom is 0.265 e. The third-order valence-electron chi connectivity index (χ3n) is 4.46. The minimum absolute atomic E-state index is 0.192. The zero-order valence-electron chi connectivity index (χ0n) is 16.9. The van der Waals surface area contributed by atoms with Crippen molar-refractivity contribution in [1.82, 2.24) is 0 Å². The number of rotatable bonds is 20. The van der Waals surface area contributed by atoms with Crippen LogP contribution in [0.1, 0.15) is 20.3 Å². The molecule has 10 heteroatoms. The Hall–Kier alpha value is -0.330. The molecule has 0 aliphatic carbocycles. The van der Waals surface area contributed by atoms with E-state index in [9.17, 15) is 8.42 Å². The highest BCUT2D eigenvalue weighted by atomic mass is 32.2. The van der Waals surface area contributed by atoms with E-state index in [1.165, 1.54) is 0 Å². The summed E-state index contributed by atoms with van der Waals surface area (Å²) >= 11 is 0. The van der Waals surface area contributed by atoms with E-state index in [0.29, 0.717) is 72.4 Å². The van der Waals surface area contributed by atoms with Gasteiger partial charge in [-0.15, -0.1) is 0 Å². The van der Waals surface area contributed by atoms with Gasteiger partial charge in [0.15, 0.2) is 0 Å². The van der Waals surface area contributed by atoms with Crippen LogP contribution in [0.25, 0.3) is 0 Å². The largest absolute Gasteiger partial charge is 0.378 e. The Morgan fingerprint density at radius 2 is 1.22 bits per heavy atom. The van der Waals surface area contributed by atoms with E-state index < -0.39 is 10.1 Å². The standard InChI is InChI=1S/C17H38N2O7S/c1-3-19(4-2,7-5-17-27(20,21)22)8-10-24-12-14-26-16-15-25-13-11-23-9-6-18/h3-18H2,1-2H3/p+1. The number of hydrogen-bond donors (Lipinski definition) is 2. The Morgan fingerprint density at radius 3 is 1.63 bits per heavy atom. The highest BCUT2D eigenvalue weighted by molar-refractivity contribution is 7.85. The molecule has 164 valence electrons. The first-order valence-electron chi connectivity index (χ1n) is 9.70. The molecule has 0 saturated heterocycles. The van der Waals surface area contributed by atoms with Crippen LogP contribution in [-0.4, -0.2) is 109 Å². The van der Waals surface area contributed by atoms with E-state index in [0.717, 1.165) is 24.1 Å². The average Bonchev–Trinajstić information content (AvgIpc) is 2.63. The number of ether oxygens (including phenoxy) is 4. The quantitative estimate of drug-likeness (QED) is 0.164. The van der Waals surface area contributed by atoms with E-state index in [2.05, 4.69) is 13.8 Å². The molecule has 3 N–H and O–H groups in total. The summed E-state index contributed by atoms with van der Waals surface area (Å²) in [5.74, 6) is -0.192. The summed E-state index contributed by atoms with van der Waals surface area (Å²) in [6, 6.07) is 0. The molecule has 0 bridgehead atoms. The maximum atomic E-state index is 10.9. The van der Waals surface area contributed by atoms with Crippen LogP contribution in [0.3, 0.4) is 0 Å². The lowest BCUT2D eigenvalue weighted by Crippen LogP contribution is -2.50. The van der Waals surface area contributed by atoms with E-state index in [4.69, 9.17) is 29.2 Å². The van der Waals surface area contributed by atoms with Crippen molar-refractivity contribution in [1.29, 1.82) is 0 Å². The lowest BCUT2D eigenvalue weighted by atomic mass is 10.3. The van der Waals surface area contributed by atoms with E-state index >= 15 is 0 Å². The lowest BCUT2D eigenvalue weighted by Gasteiger charge is -2.36. The van der Waals surface area contributed by atoms with Crippen molar-refractivity contribution in [2.45, 2.75) is 20.3 Å². The summed E-state index contributed by atoms with van der Waals surface area (Å²) in [7, 11) is -3.89. The molecule has 0 aromatic carbocycles. The predicted molar refractivity (Wildman–Crippen MR) is 104 cm³/mol. The van der Waals surface area contributed by atoms with Crippen molar-refractivity contribution < 1.29 is 36.4 Å². The van der Waals surface area contributed by atoms with Crippen LogP contribution in [-0.2, 0) is 29.1 Å². The van der Waals surface area contributed by atoms with Crippen molar-refractivity contribution >= 4 is 10.1 Å². The fraction of sp³-hybridized carbons (Fsp3) is 1.00. The molecule has 0 saturated carbocycles. The van der Waals surface area contributed by atoms with Crippen LogP contribution < -0.4 is 5.73 Å². The van der Waals surface area contributed by atoms with E-state index in [1.54, 1.807) is 0 Å². The summed E-state index contributed by atoms with van der Waals surface area (Å²) in [5, 5.41) is 0. The molecule has 0 aromatic heterocycles. The second-order valence-electron chi connectivity index (χ2n) is 6.30. The molecule has 0 aliphatic heterocycles. The molecule has 0 rings (SSSR count). The monoisotopic (exact) mass is 415 g/mol. The average molecular weight is 416 g/mol. The molecular formula is C17H39N2O7S+. The molecule has 9 nitrogen and oxygen atoms in total. The first-order valence-corrected chi connectivity index (χ1v) is 11.3. The van der Waals surface area contributed by atoms with Gasteiger partial charge in [-0.2, -0.15) is 8.42 Å². The molecule has 0 aliphatic rings. The van der Waals surface area contributed by atoms with Gasteiger partial charge in [-0.05, 0) is 13.8 Å². The van der Waals surface area contributed by atoms with Crippen LogP contribution in [0.2, 0.25) is 0 Å². The van der Waals surface area contributed by atoms with Crippen LogP contribution in [0.5, 0.6) is 0 Å². The molecule has 0 radical (unpaired) electrons. The van der Waals surface area contributed by atoms with Crippen molar-refractivity contribution in [3.63, 3.8) is 0 Å². The maximum absolute atomic E-state index is 10.9. The number of nitrogens with zero attached hydrogens (tertiary/aromatic N) is 1.